The van der Waals surface area contributed by atoms with Crippen molar-refractivity contribution in [2.75, 3.05) is 24.9 Å². The maximum Gasteiger partial charge on any atom is 0.255 e. The number of allylic oxidation sites excluding steroid dienone is 1. The maximum absolute atomic E-state index is 13.7. The summed E-state index contributed by atoms with van der Waals surface area (Å²) in [5.74, 6) is 1.58. The Morgan fingerprint density at radius 3 is 2.53 bits per heavy atom. The number of carbonyl (C=O) groups excluding carboxylic acids is 1. The van der Waals surface area contributed by atoms with Gasteiger partial charge in [0, 0.05) is 5.70 Å². The first-order chi connectivity index (χ1) is 16.5. The number of carbonyl (C=O) groups is 1. The number of hydrogen-bond donors (Lipinski definition) is 2. The first kappa shape index (κ1) is 21.9. The van der Waals surface area contributed by atoms with Crippen molar-refractivity contribution in [3.8, 4) is 11.5 Å². The number of amides is 1. The van der Waals surface area contributed by atoms with Gasteiger partial charge in [0.15, 0.2) is 11.5 Å². The van der Waals surface area contributed by atoms with Gasteiger partial charge in [0.05, 0.1) is 47.6 Å². The van der Waals surface area contributed by atoms with Crippen LogP contribution in [-0.4, -0.2) is 29.7 Å². The van der Waals surface area contributed by atoms with Gasteiger partial charge in [-0.3, -0.25) is 9.36 Å². The van der Waals surface area contributed by atoms with Crippen molar-refractivity contribution in [3.63, 3.8) is 0 Å². The molecule has 1 amide bonds. The standard InChI is InChI=1S/C26H23ClN4O3/c1-15-23(25(32)29-18-9-5-4-8-17(18)27)24(16-12-13-21(33-2)22(14-16)34-3)31-20-11-7-6-10-19(20)30-26(31)28-15/h4-14,24H,1-3H3,(H,28,30)(H,29,32)/t24-/m1/s1. The first-order valence-corrected chi connectivity index (χ1v) is 11.1. The van der Waals surface area contributed by atoms with Crippen molar-refractivity contribution in [1.29, 1.82) is 0 Å². The zero-order chi connectivity index (χ0) is 23.8. The summed E-state index contributed by atoms with van der Waals surface area (Å²) in [6.45, 7) is 1.87. The van der Waals surface area contributed by atoms with Gasteiger partial charge in [-0.1, -0.05) is 41.9 Å². The largest absolute Gasteiger partial charge is 0.493 e. The second-order valence-corrected chi connectivity index (χ2v) is 8.32. The molecule has 172 valence electrons. The van der Waals surface area contributed by atoms with Crippen molar-refractivity contribution in [1.82, 2.24) is 9.55 Å². The lowest BCUT2D eigenvalue weighted by atomic mass is 9.94. The molecular formula is C26H23ClN4O3. The van der Waals surface area contributed by atoms with Crippen LogP contribution in [0.4, 0.5) is 11.6 Å². The molecule has 1 aromatic heterocycles. The lowest BCUT2D eigenvalue weighted by Crippen LogP contribution is -2.31. The third-order valence-electron chi connectivity index (χ3n) is 5.92. The van der Waals surface area contributed by atoms with E-state index in [1.807, 2.05) is 66.1 Å². The molecular weight excluding hydrogens is 452 g/mol. The molecule has 7 nitrogen and oxygen atoms in total. The van der Waals surface area contributed by atoms with Crippen LogP contribution in [-0.2, 0) is 4.79 Å². The molecule has 2 heterocycles. The molecule has 1 aliphatic rings. The van der Waals surface area contributed by atoms with Gasteiger partial charge in [0.2, 0.25) is 5.95 Å². The van der Waals surface area contributed by atoms with Crippen molar-refractivity contribution in [3.05, 3.63) is 88.6 Å². The molecule has 4 aromatic rings. The van der Waals surface area contributed by atoms with Crippen LogP contribution in [0, 0.1) is 0 Å². The summed E-state index contributed by atoms with van der Waals surface area (Å²) in [5.41, 5.74) is 4.38. The number of methoxy groups -OCH3 is 2. The number of hydrogen-bond acceptors (Lipinski definition) is 5. The number of anilines is 2. The molecule has 0 bridgehead atoms. The number of fused-ring (bicyclic) bond motifs is 3. The summed E-state index contributed by atoms with van der Waals surface area (Å²) in [6, 6.07) is 20.2. The SMILES string of the molecule is COc1ccc([C@@H]2C(C(=O)Nc3ccccc3Cl)=C(C)Nc3nc4ccccc4n32)cc1OC. The fourth-order valence-corrected chi connectivity index (χ4v) is 4.53. The van der Waals surface area contributed by atoms with E-state index in [-0.39, 0.29) is 5.91 Å². The van der Waals surface area contributed by atoms with Crippen LogP contribution in [0.25, 0.3) is 11.0 Å². The Balaban J connectivity index is 1.69. The number of nitrogens with one attached hydrogen (secondary N) is 2. The second-order valence-electron chi connectivity index (χ2n) is 7.91. The van der Waals surface area contributed by atoms with Crippen molar-refractivity contribution < 1.29 is 14.3 Å². The number of aromatic nitrogens is 2. The van der Waals surface area contributed by atoms with Crippen molar-refractivity contribution >= 4 is 40.2 Å². The van der Waals surface area contributed by atoms with E-state index in [0.29, 0.717) is 39.4 Å². The number of para-hydroxylation sites is 3. The van der Waals surface area contributed by atoms with E-state index >= 15 is 0 Å². The minimum Gasteiger partial charge on any atom is -0.493 e. The molecule has 2 N–H and O–H groups in total. The van der Waals surface area contributed by atoms with Crippen molar-refractivity contribution in [2.45, 2.75) is 13.0 Å². The summed E-state index contributed by atoms with van der Waals surface area (Å²) in [5, 5.41) is 6.75. The van der Waals surface area contributed by atoms with Crippen LogP contribution >= 0.6 is 11.6 Å². The lowest BCUT2D eigenvalue weighted by Gasteiger charge is -2.31. The van der Waals surface area contributed by atoms with E-state index in [0.717, 1.165) is 16.6 Å². The van der Waals surface area contributed by atoms with Crippen LogP contribution in [0.2, 0.25) is 5.02 Å². The Kier molecular flexibility index (Phi) is 5.63. The fraction of sp³-hybridized carbons (Fsp3) is 0.154. The summed E-state index contributed by atoms with van der Waals surface area (Å²) in [4.78, 5) is 18.5. The van der Waals surface area contributed by atoms with Gasteiger partial charge in [0.25, 0.3) is 5.91 Å². The lowest BCUT2D eigenvalue weighted by molar-refractivity contribution is -0.113. The molecule has 0 saturated carbocycles. The molecule has 0 fully saturated rings. The third-order valence-corrected chi connectivity index (χ3v) is 6.25. The van der Waals surface area contributed by atoms with E-state index < -0.39 is 6.04 Å². The van der Waals surface area contributed by atoms with Gasteiger partial charge in [-0.15, -0.1) is 0 Å². The first-order valence-electron chi connectivity index (χ1n) is 10.7. The van der Waals surface area contributed by atoms with Crippen LogP contribution in [0.3, 0.4) is 0 Å². The van der Waals surface area contributed by atoms with Gasteiger partial charge in [-0.05, 0) is 48.9 Å². The molecule has 1 aliphatic heterocycles. The quantitative estimate of drug-likeness (QED) is 0.391. The smallest absolute Gasteiger partial charge is 0.255 e. The summed E-state index contributed by atoms with van der Waals surface area (Å²) in [6.07, 6.45) is 0. The van der Waals surface area contributed by atoms with Gasteiger partial charge in [-0.25, -0.2) is 4.98 Å². The maximum atomic E-state index is 13.7. The highest BCUT2D eigenvalue weighted by molar-refractivity contribution is 6.33. The van der Waals surface area contributed by atoms with E-state index in [4.69, 9.17) is 26.1 Å². The van der Waals surface area contributed by atoms with E-state index in [9.17, 15) is 4.79 Å². The third kappa shape index (κ3) is 3.64. The number of halogens is 1. The molecule has 5 rings (SSSR count). The molecule has 3 aromatic carbocycles. The number of nitrogens with zero attached hydrogens (tertiary/aromatic N) is 2. The predicted octanol–water partition coefficient (Wildman–Crippen LogP) is 5.63. The Bertz CT molecular complexity index is 1440. The second kappa shape index (κ2) is 8.76. The van der Waals surface area contributed by atoms with Crippen LogP contribution in [0.1, 0.15) is 18.5 Å². The number of benzene rings is 3. The Morgan fingerprint density at radius 2 is 1.76 bits per heavy atom. The normalized spacial score (nSPS) is 15.0. The molecule has 0 radical (unpaired) electrons. The zero-order valence-corrected chi connectivity index (χ0v) is 19.7. The van der Waals surface area contributed by atoms with Gasteiger partial charge in [-0.2, -0.15) is 0 Å². The number of rotatable bonds is 5. The molecule has 8 heteroatoms. The predicted molar refractivity (Wildman–Crippen MR) is 134 cm³/mol. The average molecular weight is 475 g/mol. The van der Waals surface area contributed by atoms with Gasteiger partial charge in [0.1, 0.15) is 0 Å². The minimum atomic E-state index is -0.467. The van der Waals surface area contributed by atoms with Gasteiger partial charge >= 0.3 is 0 Å². The minimum absolute atomic E-state index is 0.263. The van der Waals surface area contributed by atoms with E-state index in [1.165, 1.54) is 0 Å². The summed E-state index contributed by atoms with van der Waals surface area (Å²) >= 11 is 6.32. The Hall–Kier alpha value is -3.97. The Morgan fingerprint density at radius 1 is 1.03 bits per heavy atom. The average Bonchev–Trinajstić information content (AvgIpc) is 3.21. The molecule has 0 saturated heterocycles. The van der Waals surface area contributed by atoms with Gasteiger partial charge < -0.3 is 20.1 Å². The topological polar surface area (TPSA) is 77.4 Å². The van der Waals surface area contributed by atoms with Crippen LogP contribution < -0.4 is 20.1 Å². The van der Waals surface area contributed by atoms with E-state index in [2.05, 4.69) is 10.6 Å². The molecule has 0 spiro atoms. The summed E-state index contributed by atoms with van der Waals surface area (Å²) in [7, 11) is 3.18. The van der Waals surface area contributed by atoms with Crippen molar-refractivity contribution in [2.24, 2.45) is 0 Å². The van der Waals surface area contributed by atoms with Crippen LogP contribution in [0.5, 0.6) is 11.5 Å². The zero-order valence-electron chi connectivity index (χ0n) is 18.9. The molecule has 0 unspecified atom stereocenters. The number of ether oxygens (including phenoxy) is 2. The highest BCUT2D eigenvalue weighted by Gasteiger charge is 2.34. The summed E-state index contributed by atoms with van der Waals surface area (Å²) < 4.78 is 13.0. The fourth-order valence-electron chi connectivity index (χ4n) is 4.35. The van der Waals surface area contributed by atoms with Crippen LogP contribution in [0.15, 0.2) is 78.0 Å². The molecule has 34 heavy (non-hydrogen) atoms. The monoisotopic (exact) mass is 474 g/mol. The Labute approximate surface area is 202 Å². The highest BCUT2D eigenvalue weighted by atomic mass is 35.5. The number of imidazole rings is 1. The van der Waals surface area contributed by atoms with E-state index in [1.54, 1.807) is 26.4 Å². The molecule has 1 atom stereocenters. The highest BCUT2D eigenvalue weighted by Crippen LogP contribution is 2.42. The molecule has 0 aliphatic carbocycles.